The molecule has 0 bridgehead atoms. The first kappa shape index (κ1) is 18.7. The van der Waals surface area contributed by atoms with Crippen LogP contribution >= 0.6 is 0 Å². The van der Waals surface area contributed by atoms with Crippen LogP contribution in [-0.4, -0.2) is 22.7 Å². The molecule has 0 heterocycles. The van der Waals surface area contributed by atoms with Crippen molar-refractivity contribution < 1.29 is 27.7 Å². The van der Waals surface area contributed by atoms with Gasteiger partial charge in [-0.05, 0) is 37.8 Å². The Morgan fingerprint density at radius 2 is 1.80 bits per heavy atom. The molecule has 3 N–H and O–H groups in total. The molecule has 10 heteroatoms. The summed E-state index contributed by atoms with van der Waals surface area (Å²) in [5, 5.41) is 13.6. The lowest BCUT2D eigenvalue weighted by Gasteiger charge is -2.28. The molecule has 1 fully saturated rings. The monoisotopic (exact) mass is 359 g/mol. The van der Waals surface area contributed by atoms with Crippen LogP contribution in [0.2, 0.25) is 0 Å². The molecule has 0 atom stereocenters. The van der Waals surface area contributed by atoms with Crippen LogP contribution in [0, 0.1) is 16.0 Å². The number of carbonyl (C=O) groups is 2. The highest BCUT2D eigenvalue weighted by Gasteiger charge is 2.38. The molecule has 1 aromatic carbocycles. The average Bonchev–Trinajstić information content (AvgIpc) is 2.53. The number of nitrogens with one attached hydrogen (secondary N) is 1. The molecule has 1 aliphatic rings. The number of hydrogen-bond donors (Lipinski definition) is 2. The van der Waals surface area contributed by atoms with Crippen molar-refractivity contribution in [2.45, 2.75) is 37.9 Å². The van der Waals surface area contributed by atoms with Gasteiger partial charge >= 0.3 is 6.18 Å². The molecule has 0 spiro atoms. The number of nitro benzene ring substituents is 1. The van der Waals surface area contributed by atoms with E-state index in [0.29, 0.717) is 31.7 Å². The van der Waals surface area contributed by atoms with Crippen molar-refractivity contribution in [3.05, 3.63) is 33.9 Å². The molecule has 0 saturated heterocycles. The number of halogens is 3. The number of benzene rings is 1. The third-order valence-corrected chi connectivity index (χ3v) is 4.21. The van der Waals surface area contributed by atoms with E-state index in [2.05, 4.69) is 5.32 Å². The summed E-state index contributed by atoms with van der Waals surface area (Å²) in [4.78, 5) is 32.1. The van der Waals surface area contributed by atoms with E-state index >= 15 is 0 Å². The van der Waals surface area contributed by atoms with Gasteiger partial charge in [0, 0.05) is 23.7 Å². The van der Waals surface area contributed by atoms with Crippen molar-refractivity contribution in [2.75, 3.05) is 5.32 Å². The Balaban J connectivity index is 2.08. The Bertz CT molecular complexity index is 698. The third-order valence-electron chi connectivity index (χ3n) is 4.21. The lowest BCUT2D eigenvalue weighted by atomic mass is 9.83. The van der Waals surface area contributed by atoms with Crippen molar-refractivity contribution in [3.63, 3.8) is 0 Å². The van der Waals surface area contributed by atoms with Crippen LogP contribution in [0.4, 0.5) is 24.5 Å². The van der Waals surface area contributed by atoms with Gasteiger partial charge in [-0.25, -0.2) is 0 Å². The molecule has 136 valence electrons. The molecule has 25 heavy (non-hydrogen) atoms. The molecule has 0 unspecified atom stereocenters. The fraction of sp³-hybridized carbons (Fsp3) is 0.467. The molecule has 0 aromatic heterocycles. The summed E-state index contributed by atoms with van der Waals surface area (Å²) in [7, 11) is 0. The van der Waals surface area contributed by atoms with Crippen LogP contribution in [0.3, 0.4) is 0 Å². The smallest absolute Gasteiger partial charge is 0.382 e. The summed E-state index contributed by atoms with van der Waals surface area (Å²) in [5.74, 6) is -2.08. The second-order valence-electron chi connectivity index (χ2n) is 5.91. The van der Waals surface area contributed by atoms with E-state index < -0.39 is 40.0 Å². The van der Waals surface area contributed by atoms with Crippen LogP contribution in [0.15, 0.2) is 18.2 Å². The van der Waals surface area contributed by atoms with E-state index in [1.807, 2.05) is 0 Å². The summed E-state index contributed by atoms with van der Waals surface area (Å²) in [6.45, 7) is 0. The summed E-state index contributed by atoms with van der Waals surface area (Å²) < 4.78 is 38.9. The minimum Gasteiger partial charge on any atom is -0.382 e. The highest BCUT2D eigenvalue weighted by Crippen LogP contribution is 2.38. The number of nitrogens with two attached hydrogens (primary N) is 1. The van der Waals surface area contributed by atoms with Crippen molar-refractivity contribution >= 4 is 23.1 Å². The number of primary amides is 1. The normalized spacial score (nSPS) is 20.8. The van der Waals surface area contributed by atoms with Crippen LogP contribution in [0.5, 0.6) is 0 Å². The number of carbonyl (C=O) groups excluding carboxylic acids is 2. The quantitative estimate of drug-likeness (QED) is 0.476. The number of anilines is 1. The molecular weight excluding hydrogens is 343 g/mol. The molecule has 1 amide bonds. The number of nitrogens with zero attached hydrogens (tertiary/aromatic N) is 1. The molecule has 0 aliphatic heterocycles. The van der Waals surface area contributed by atoms with Gasteiger partial charge in [-0.15, -0.1) is 0 Å². The first-order valence-electron chi connectivity index (χ1n) is 7.55. The number of rotatable bonds is 5. The Morgan fingerprint density at radius 1 is 1.20 bits per heavy atom. The minimum atomic E-state index is -4.84. The van der Waals surface area contributed by atoms with Crippen LogP contribution in [-0.2, 0) is 15.8 Å². The zero-order valence-corrected chi connectivity index (χ0v) is 13.0. The zero-order chi connectivity index (χ0) is 18.8. The second-order valence-corrected chi connectivity index (χ2v) is 5.91. The highest BCUT2D eigenvalue weighted by atomic mass is 19.4. The average molecular weight is 359 g/mol. The van der Waals surface area contributed by atoms with Gasteiger partial charge in [0.1, 0.15) is 5.56 Å². The first-order valence-corrected chi connectivity index (χ1v) is 7.55. The first-order chi connectivity index (χ1) is 11.6. The predicted molar refractivity (Wildman–Crippen MR) is 81.7 cm³/mol. The molecule has 7 nitrogen and oxygen atoms in total. The van der Waals surface area contributed by atoms with E-state index in [4.69, 9.17) is 5.73 Å². The molecule has 1 saturated carbocycles. The van der Waals surface area contributed by atoms with Crippen molar-refractivity contribution in [2.24, 2.45) is 11.7 Å². The fourth-order valence-corrected chi connectivity index (χ4v) is 2.95. The van der Waals surface area contributed by atoms with Crippen molar-refractivity contribution in [3.8, 4) is 0 Å². The molecule has 1 aromatic rings. The molecule has 1 aliphatic carbocycles. The van der Waals surface area contributed by atoms with Crippen LogP contribution in [0.25, 0.3) is 0 Å². The highest BCUT2D eigenvalue weighted by molar-refractivity contribution is 6.36. The minimum absolute atomic E-state index is 0.114. The maximum atomic E-state index is 13.0. The molecule has 0 radical (unpaired) electrons. The number of ketones is 1. The fourth-order valence-electron chi connectivity index (χ4n) is 2.95. The molecular formula is C15H16F3N3O4. The topological polar surface area (TPSA) is 115 Å². The summed E-state index contributed by atoms with van der Waals surface area (Å²) in [6, 6.07) is 2.54. The third kappa shape index (κ3) is 4.46. The van der Waals surface area contributed by atoms with E-state index in [9.17, 15) is 32.9 Å². The van der Waals surface area contributed by atoms with Gasteiger partial charge in [0.15, 0.2) is 0 Å². The van der Waals surface area contributed by atoms with Gasteiger partial charge in [0.2, 0.25) is 5.78 Å². The van der Waals surface area contributed by atoms with Gasteiger partial charge in [0.25, 0.3) is 11.6 Å². The van der Waals surface area contributed by atoms with Gasteiger partial charge in [-0.3, -0.25) is 19.7 Å². The van der Waals surface area contributed by atoms with Crippen LogP contribution < -0.4 is 11.1 Å². The Hall–Kier alpha value is -2.65. The van der Waals surface area contributed by atoms with E-state index in [-0.39, 0.29) is 11.7 Å². The SMILES string of the molecule is NC(=O)C(=O)C1CCC(Nc2ccc([N+](=O)[O-])c(C(F)(F)F)c2)CC1. The number of alkyl halides is 3. The summed E-state index contributed by atoms with van der Waals surface area (Å²) in [5.41, 5.74) is 2.74. The van der Waals surface area contributed by atoms with Gasteiger partial charge in [-0.1, -0.05) is 0 Å². The summed E-state index contributed by atoms with van der Waals surface area (Å²) >= 11 is 0. The Labute approximate surface area is 140 Å². The van der Waals surface area contributed by atoms with E-state index in [0.717, 1.165) is 6.07 Å². The number of Topliss-reactive ketones (excluding diaryl/α,β-unsaturated/α-hetero) is 1. The van der Waals surface area contributed by atoms with Gasteiger partial charge in [0.05, 0.1) is 4.92 Å². The maximum Gasteiger partial charge on any atom is 0.423 e. The number of amides is 1. The van der Waals surface area contributed by atoms with Crippen molar-refractivity contribution in [1.29, 1.82) is 0 Å². The summed E-state index contributed by atoms with van der Waals surface area (Å²) in [6.07, 6.45) is -3.09. The van der Waals surface area contributed by atoms with Crippen molar-refractivity contribution in [1.82, 2.24) is 0 Å². The van der Waals surface area contributed by atoms with Gasteiger partial charge in [-0.2, -0.15) is 13.2 Å². The lowest BCUT2D eigenvalue weighted by Crippen LogP contribution is -2.35. The second kappa shape index (κ2) is 7.08. The van der Waals surface area contributed by atoms with E-state index in [1.165, 1.54) is 6.07 Å². The largest absolute Gasteiger partial charge is 0.423 e. The standard InChI is InChI=1S/C15H16F3N3O4/c16-15(17,18)11-7-10(5-6-12(11)21(24)25)20-9-3-1-8(2-4-9)13(22)14(19)23/h5-9,20H,1-4H2,(H2,19,23). The predicted octanol–water partition coefficient (Wildman–Crippen LogP) is 2.64. The van der Waals surface area contributed by atoms with Gasteiger partial charge < -0.3 is 11.1 Å². The zero-order valence-electron chi connectivity index (χ0n) is 13.0. The van der Waals surface area contributed by atoms with Crippen LogP contribution in [0.1, 0.15) is 31.2 Å². The Morgan fingerprint density at radius 3 is 2.28 bits per heavy atom. The lowest BCUT2D eigenvalue weighted by molar-refractivity contribution is -0.388. The Kier molecular flexibility index (Phi) is 5.29. The molecule has 2 rings (SSSR count). The van der Waals surface area contributed by atoms with E-state index in [1.54, 1.807) is 0 Å². The number of hydrogen-bond acceptors (Lipinski definition) is 5. The maximum absolute atomic E-state index is 13.0. The number of nitro groups is 1.